The molecule has 0 aliphatic rings. The summed E-state index contributed by atoms with van der Waals surface area (Å²) in [6.07, 6.45) is 0. The van der Waals surface area contributed by atoms with E-state index >= 15 is 0 Å². The molecule has 76 valence electrons. The van der Waals surface area contributed by atoms with Gasteiger partial charge in [0.15, 0.2) is 0 Å². The average molecular weight is 207 g/mol. The first-order valence-electron chi connectivity index (χ1n) is 5.08. The van der Waals surface area contributed by atoms with Gasteiger partial charge in [0.05, 0.1) is 11.3 Å². The van der Waals surface area contributed by atoms with Gasteiger partial charge in [0, 0.05) is 16.3 Å². The number of aryl methyl sites for hydroxylation is 1. The fourth-order valence-electron chi connectivity index (χ4n) is 1.97. The van der Waals surface area contributed by atoms with E-state index in [1.165, 1.54) is 0 Å². The molecule has 16 heavy (non-hydrogen) atoms. The molecule has 0 atom stereocenters. The lowest BCUT2D eigenvalue weighted by Crippen LogP contribution is -1.87. The predicted molar refractivity (Wildman–Crippen MR) is 63.1 cm³/mol. The lowest BCUT2D eigenvalue weighted by Gasteiger charge is -1.96. The Morgan fingerprint density at radius 3 is 2.88 bits per heavy atom. The van der Waals surface area contributed by atoms with Crippen LogP contribution in [0, 0.1) is 18.3 Å². The van der Waals surface area contributed by atoms with Crippen LogP contribution >= 0.6 is 0 Å². The molecule has 0 saturated heterocycles. The summed E-state index contributed by atoms with van der Waals surface area (Å²) in [5.41, 5.74) is 3.30. The van der Waals surface area contributed by atoms with Gasteiger partial charge >= 0.3 is 0 Å². The maximum absolute atomic E-state index is 8.99. The highest BCUT2D eigenvalue weighted by Gasteiger charge is 2.07. The molecule has 3 rings (SSSR count). The molecule has 0 amide bonds. The van der Waals surface area contributed by atoms with Crippen LogP contribution < -0.4 is 0 Å². The van der Waals surface area contributed by atoms with Crippen molar-refractivity contribution >= 4 is 21.9 Å². The highest BCUT2D eigenvalue weighted by molar-refractivity contribution is 6.06. The van der Waals surface area contributed by atoms with Gasteiger partial charge in [-0.1, -0.05) is 18.2 Å². The molecule has 0 unspecified atom stereocenters. The van der Waals surface area contributed by atoms with Crippen LogP contribution in [0.25, 0.3) is 21.9 Å². The molecule has 0 spiro atoms. The molecular formula is C13H9N3. The van der Waals surface area contributed by atoms with Crippen molar-refractivity contribution in [2.75, 3.05) is 0 Å². The minimum atomic E-state index is 0.636. The largest absolute Gasteiger partial charge is 0.339 e. The number of para-hydroxylation sites is 1. The Morgan fingerprint density at radius 1 is 1.25 bits per heavy atom. The number of hydrogen-bond acceptors (Lipinski definition) is 2. The van der Waals surface area contributed by atoms with Gasteiger partial charge in [-0.25, -0.2) is 4.98 Å². The van der Waals surface area contributed by atoms with E-state index in [1.807, 2.05) is 37.3 Å². The van der Waals surface area contributed by atoms with Crippen LogP contribution in [0.3, 0.4) is 0 Å². The maximum Gasteiger partial charge on any atom is 0.138 e. The van der Waals surface area contributed by atoms with E-state index in [1.54, 1.807) is 0 Å². The van der Waals surface area contributed by atoms with Gasteiger partial charge in [-0.2, -0.15) is 5.26 Å². The topological polar surface area (TPSA) is 52.5 Å². The number of nitrogens with zero attached hydrogens (tertiary/aromatic N) is 2. The molecule has 0 fully saturated rings. The number of nitrogens with one attached hydrogen (secondary N) is 1. The Labute approximate surface area is 92.3 Å². The first kappa shape index (κ1) is 8.93. The van der Waals surface area contributed by atoms with Crippen molar-refractivity contribution in [3.63, 3.8) is 0 Å². The minimum absolute atomic E-state index is 0.636. The summed E-state index contributed by atoms with van der Waals surface area (Å²) in [7, 11) is 0. The highest BCUT2D eigenvalue weighted by atomic mass is 14.9. The lowest BCUT2D eigenvalue weighted by atomic mass is 10.1. The van der Waals surface area contributed by atoms with E-state index in [-0.39, 0.29) is 0 Å². The summed E-state index contributed by atoms with van der Waals surface area (Å²) < 4.78 is 0. The van der Waals surface area contributed by atoms with Gasteiger partial charge in [0.25, 0.3) is 0 Å². The number of pyridine rings is 1. The fourth-order valence-corrected chi connectivity index (χ4v) is 1.97. The molecule has 2 heterocycles. The van der Waals surface area contributed by atoms with Crippen molar-refractivity contribution in [1.29, 1.82) is 5.26 Å². The van der Waals surface area contributed by atoms with E-state index < -0.39 is 0 Å². The van der Waals surface area contributed by atoms with Crippen molar-refractivity contribution in [3.05, 3.63) is 41.6 Å². The van der Waals surface area contributed by atoms with Gasteiger partial charge in [-0.15, -0.1) is 0 Å². The molecule has 3 heteroatoms. The quantitative estimate of drug-likeness (QED) is 0.616. The van der Waals surface area contributed by atoms with Crippen LogP contribution in [0.2, 0.25) is 0 Å². The van der Waals surface area contributed by atoms with Crippen molar-refractivity contribution in [1.82, 2.24) is 9.97 Å². The minimum Gasteiger partial charge on any atom is -0.339 e. The van der Waals surface area contributed by atoms with Crippen LogP contribution in [0.1, 0.15) is 11.3 Å². The standard InChI is InChI=1S/C13H9N3/c1-8-9(7-14)6-11-10-4-2-3-5-12(10)16-13(11)15-8/h2-6H,1H3,(H,15,16). The molecule has 0 radical (unpaired) electrons. The smallest absolute Gasteiger partial charge is 0.138 e. The monoisotopic (exact) mass is 207 g/mol. The van der Waals surface area contributed by atoms with Gasteiger partial charge in [-0.05, 0) is 19.1 Å². The van der Waals surface area contributed by atoms with Crippen LogP contribution in [-0.4, -0.2) is 9.97 Å². The molecule has 1 aromatic carbocycles. The van der Waals surface area contributed by atoms with Gasteiger partial charge < -0.3 is 4.98 Å². The Hall–Kier alpha value is -2.34. The number of fused-ring (bicyclic) bond motifs is 3. The number of aromatic nitrogens is 2. The maximum atomic E-state index is 8.99. The summed E-state index contributed by atoms with van der Waals surface area (Å²) in [4.78, 5) is 7.66. The third kappa shape index (κ3) is 1.10. The normalized spacial score (nSPS) is 10.8. The molecule has 0 bridgehead atoms. The summed E-state index contributed by atoms with van der Waals surface area (Å²) in [5, 5.41) is 11.1. The predicted octanol–water partition coefficient (Wildman–Crippen LogP) is 2.90. The number of nitriles is 1. The number of rotatable bonds is 0. The van der Waals surface area contributed by atoms with E-state index in [2.05, 4.69) is 16.0 Å². The van der Waals surface area contributed by atoms with Crippen molar-refractivity contribution in [3.8, 4) is 6.07 Å². The van der Waals surface area contributed by atoms with E-state index in [9.17, 15) is 0 Å². The van der Waals surface area contributed by atoms with Crippen molar-refractivity contribution in [2.24, 2.45) is 0 Å². The third-order valence-corrected chi connectivity index (χ3v) is 2.80. The lowest BCUT2D eigenvalue weighted by molar-refractivity contribution is 1.21. The Bertz CT molecular complexity index is 732. The molecule has 3 nitrogen and oxygen atoms in total. The molecule has 0 aliphatic carbocycles. The van der Waals surface area contributed by atoms with Crippen LogP contribution in [-0.2, 0) is 0 Å². The number of aromatic amines is 1. The second-order valence-electron chi connectivity index (χ2n) is 3.80. The molecule has 2 aromatic heterocycles. The Kier molecular flexibility index (Phi) is 1.72. The third-order valence-electron chi connectivity index (χ3n) is 2.80. The summed E-state index contributed by atoms with van der Waals surface area (Å²) in [6.45, 7) is 1.85. The molecule has 0 aliphatic heterocycles. The molecule has 0 saturated carbocycles. The first-order chi connectivity index (χ1) is 7.79. The average Bonchev–Trinajstić information content (AvgIpc) is 2.65. The van der Waals surface area contributed by atoms with E-state index in [4.69, 9.17) is 5.26 Å². The summed E-state index contributed by atoms with van der Waals surface area (Å²) >= 11 is 0. The van der Waals surface area contributed by atoms with Gasteiger partial charge in [0.2, 0.25) is 0 Å². The summed E-state index contributed by atoms with van der Waals surface area (Å²) in [5.74, 6) is 0. The zero-order chi connectivity index (χ0) is 11.1. The number of hydrogen-bond donors (Lipinski definition) is 1. The SMILES string of the molecule is Cc1nc2[nH]c3ccccc3c2cc1C#N. The zero-order valence-corrected chi connectivity index (χ0v) is 8.78. The van der Waals surface area contributed by atoms with Crippen LogP contribution in [0.15, 0.2) is 30.3 Å². The van der Waals surface area contributed by atoms with Gasteiger partial charge in [0.1, 0.15) is 11.7 Å². The Balaban J connectivity index is 2.53. The Morgan fingerprint density at radius 2 is 2.06 bits per heavy atom. The van der Waals surface area contributed by atoms with Crippen LogP contribution in [0.5, 0.6) is 0 Å². The molecule has 3 aromatic rings. The first-order valence-corrected chi connectivity index (χ1v) is 5.08. The van der Waals surface area contributed by atoms with Crippen LogP contribution in [0.4, 0.5) is 0 Å². The second kappa shape index (κ2) is 3.07. The summed E-state index contributed by atoms with van der Waals surface area (Å²) in [6, 6.07) is 12.1. The fraction of sp³-hybridized carbons (Fsp3) is 0.0769. The van der Waals surface area contributed by atoms with Crippen molar-refractivity contribution in [2.45, 2.75) is 6.92 Å². The highest BCUT2D eigenvalue weighted by Crippen LogP contribution is 2.25. The van der Waals surface area contributed by atoms with Gasteiger partial charge in [-0.3, -0.25) is 0 Å². The molecule has 1 N–H and O–H groups in total. The zero-order valence-electron chi connectivity index (χ0n) is 8.78. The van der Waals surface area contributed by atoms with Crippen molar-refractivity contribution < 1.29 is 0 Å². The van der Waals surface area contributed by atoms with E-state index in [0.29, 0.717) is 5.56 Å². The van der Waals surface area contributed by atoms with E-state index in [0.717, 1.165) is 27.6 Å². The number of benzene rings is 1. The second-order valence-corrected chi connectivity index (χ2v) is 3.80. The number of H-pyrrole nitrogens is 1. The molecular weight excluding hydrogens is 198 g/mol.